The predicted molar refractivity (Wildman–Crippen MR) is 112 cm³/mol. The van der Waals surface area contributed by atoms with Gasteiger partial charge in [0.1, 0.15) is 0 Å². The Morgan fingerprint density at radius 3 is 2.76 bits per heavy atom. The van der Waals surface area contributed by atoms with Crippen molar-refractivity contribution in [2.45, 2.75) is 32.1 Å². The van der Waals surface area contributed by atoms with E-state index in [1.165, 1.54) is 17.4 Å². The molecule has 29 heavy (non-hydrogen) atoms. The van der Waals surface area contributed by atoms with Crippen molar-refractivity contribution >= 4 is 44.6 Å². The van der Waals surface area contributed by atoms with Crippen LogP contribution in [0.5, 0.6) is 0 Å². The summed E-state index contributed by atoms with van der Waals surface area (Å²) < 4.78 is 32.7. The number of nitrogens with one attached hydrogen (secondary N) is 2. The first-order valence-corrected chi connectivity index (χ1v) is 11.4. The number of aryl methyl sites for hydroxylation is 2. The zero-order chi connectivity index (χ0) is 21.2. The number of nitrogens with zero attached hydrogens (tertiary/aromatic N) is 2. The molecule has 0 fully saturated rings. The highest BCUT2D eigenvalue weighted by Gasteiger charge is 2.23. The lowest BCUT2D eigenvalue weighted by atomic mass is 10.2. The number of halogens is 1. The Hall–Kier alpha value is -2.27. The molecule has 2 aromatic heterocycles. The molecule has 3 rings (SSSR count). The highest BCUT2D eigenvalue weighted by atomic mass is 35.5. The minimum absolute atomic E-state index is 0.0760. The number of carbonyl (C=O) groups excluding carboxylic acids is 1. The van der Waals surface area contributed by atoms with Crippen molar-refractivity contribution in [1.29, 1.82) is 0 Å². The number of thiophene rings is 1. The van der Waals surface area contributed by atoms with Crippen LogP contribution < -0.4 is 10.0 Å². The summed E-state index contributed by atoms with van der Waals surface area (Å²) >= 11 is 7.27. The van der Waals surface area contributed by atoms with Gasteiger partial charge in [-0.3, -0.25) is 4.79 Å². The average Bonchev–Trinajstić information content (AvgIpc) is 3.30. The molecule has 11 heteroatoms. The minimum Gasteiger partial charge on any atom is -0.339 e. The van der Waals surface area contributed by atoms with E-state index < -0.39 is 22.5 Å². The fourth-order valence-corrected chi connectivity index (χ4v) is 5.19. The van der Waals surface area contributed by atoms with Crippen LogP contribution in [0.2, 0.25) is 5.02 Å². The van der Waals surface area contributed by atoms with Gasteiger partial charge in [0.05, 0.1) is 16.3 Å². The Bertz CT molecular complexity index is 1150. The number of rotatable bonds is 7. The highest BCUT2D eigenvalue weighted by Crippen LogP contribution is 2.32. The largest absolute Gasteiger partial charge is 0.339 e. The monoisotopic (exact) mass is 454 g/mol. The van der Waals surface area contributed by atoms with Gasteiger partial charge >= 0.3 is 0 Å². The first kappa shape index (κ1) is 21.4. The van der Waals surface area contributed by atoms with E-state index in [2.05, 4.69) is 20.2 Å². The molecule has 154 valence electrons. The molecule has 0 radical (unpaired) electrons. The quantitative estimate of drug-likeness (QED) is 0.564. The van der Waals surface area contributed by atoms with Crippen LogP contribution in [0, 0.1) is 13.8 Å². The van der Waals surface area contributed by atoms with Gasteiger partial charge in [-0.25, -0.2) is 13.1 Å². The van der Waals surface area contributed by atoms with Gasteiger partial charge in [0, 0.05) is 22.0 Å². The smallest absolute Gasteiger partial charge is 0.242 e. The van der Waals surface area contributed by atoms with E-state index in [4.69, 9.17) is 16.1 Å². The number of aromatic nitrogens is 2. The van der Waals surface area contributed by atoms with Crippen molar-refractivity contribution in [3.63, 3.8) is 0 Å². The second-order valence-corrected chi connectivity index (χ2v) is 9.58. The average molecular weight is 455 g/mol. The molecular weight excluding hydrogens is 436 g/mol. The van der Waals surface area contributed by atoms with Crippen LogP contribution in [-0.2, 0) is 21.2 Å². The summed E-state index contributed by atoms with van der Waals surface area (Å²) in [6.45, 7) is 4.91. The third-order valence-corrected chi connectivity index (χ3v) is 7.23. The molecule has 1 amide bonds. The number of anilines is 1. The van der Waals surface area contributed by atoms with E-state index in [1.807, 2.05) is 6.92 Å². The van der Waals surface area contributed by atoms with Crippen LogP contribution in [0.3, 0.4) is 0 Å². The van der Waals surface area contributed by atoms with Crippen molar-refractivity contribution in [1.82, 2.24) is 14.9 Å². The molecule has 1 aromatic carbocycles. The number of benzene rings is 1. The summed E-state index contributed by atoms with van der Waals surface area (Å²) in [6, 6.07) is 6.58. The molecule has 0 aliphatic carbocycles. The van der Waals surface area contributed by atoms with E-state index in [9.17, 15) is 13.2 Å². The van der Waals surface area contributed by atoms with Gasteiger partial charge in [0.25, 0.3) is 0 Å². The lowest BCUT2D eigenvalue weighted by molar-refractivity contribution is -0.115. The first-order chi connectivity index (χ1) is 13.7. The molecule has 3 aromatic rings. The third-order valence-electron chi connectivity index (χ3n) is 4.12. The molecule has 0 aliphatic rings. The van der Waals surface area contributed by atoms with Crippen LogP contribution in [0.1, 0.15) is 23.3 Å². The third kappa shape index (κ3) is 4.84. The van der Waals surface area contributed by atoms with Crippen molar-refractivity contribution < 1.29 is 17.7 Å². The zero-order valence-corrected chi connectivity index (χ0v) is 18.3. The number of carbonyl (C=O) groups is 1. The molecule has 0 unspecified atom stereocenters. The molecule has 2 heterocycles. The maximum atomic E-state index is 12.7. The number of hydrogen-bond donors (Lipinski definition) is 2. The number of sulfonamides is 1. The second-order valence-electron chi connectivity index (χ2n) is 6.18. The summed E-state index contributed by atoms with van der Waals surface area (Å²) in [6.07, 6.45) is 0.589. The Morgan fingerprint density at radius 2 is 2.07 bits per heavy atom. The first-order valence-electron chi connectivity index (χ1n) is 8.69. The zero-order valence-electron chi connectivity index (χ0n) is 15.9. The van der Waals surface area contributed by atoms with Gasteiger partial charge < -0.3 is 9.84 Å². The molecular formula is C18H19ClN4O4S2. The fraction of sp³-hybridized carbons (Fsp3) is 0.278. The van der Waals surface area contributed by atoms with Gasteiger partial charge in [-0.15, -0.1) is 11.3 Å². The van der Waals surface area contributed by atoms with Crippen LogP contribution in [-0.4, -0.2) is 31.0 Å². The molecule has 0 atom stereocenters. The van der Waals surface area contributed by atoms with Gasteiger partial charge in [-0.2, -0.15) is 4.98 Å². The molecule has 0 bridgehead atoms. The minimum atomic E-state index is -3.90. The van der Waals surface area contributed by atoms with E-state index in [-0.39, 0.29) is 4.90 Å². The Balaban J connectivity index is 1.71. The van der Waals surface area contributed by atoms with Gasteiger partial charge in [-0.1, -0.05) is 29.7 Å². The lowest BCUT2D eigenvalue weighted by Crippen LogP contribution is -2.33. The Morgan fingerprint density at radius 1 is 1.31 bits per heavy atom. The highest BCUT2D eigenvalue weighted by molar-refractivity contribution is 7.89. The summed E-state index contributed by atoms with van der Waals surface area (Å²) in [5.41, 5.74) is 1.23. The van der Waals surface area contributed by atoms with Crippen molar-refractivity contribution in [2.75, 3.05) is 11.9 Å². The Kier molecular flexibility index (Phi) is 6.37. The topological polar surface area (TPSA) is 114 Å². The number of hydrogen-bond acceptors (Lipinski definition) is 7. The van der Waals surface area contributed by atoms with Crippen LogP contribution >= 0.6 is 22.9 Å². The van der Waals surface area contributed by atoms with E-state index in [1.54, 1.807) is 32.0 Å². The summed E-state index contributed by atoms with van der Waals surface area (Å²) in [7, 11) is -3.90. The van der Waals surface area contributed by atoms with E-state index in [0.717, 1.165) is 0 Å². The van der Waals surface area contributed by atoms with Gasteiger partial charge in [0.2, 0.25) is 27.6 Å². The van der Waals surface area contributed by atoms with E-state index in [0.29, 0.717) is 44.2 Å². The molecule has 2 N–H and O–H groups in total. The Labute approximate surface area is 177 Å². The molecule has 0 saturated carbocycles. The molecule has 8 nitrogen and oxygen atoms in total. The maximum Gasteiger partial charge on any atom is 0.242 e. The predicted octanol–water partition coefficient (Wildman–Crippen LogP) is 3.55. The lowest BCUT2D eigenvalue weighted by Gasteiger charge is -2.10. The van der Waals surface area contributed by atoms with Crippen LogP contribution in [0.15, 0.2) is 33.7 Å². The SMILES string of the molecule is CCc1nc(-c2cc(S(=O)(=O)NCC(=O)Nc3cccc(Cl)c3C)c(C)s2)no1. The normalized spacial score (nSPS) is 11.6. The van der Waals surface area contributed by atoms with Crippen molar-refractivity contribution in [2.24, 2.45) is 0 Å². The summed E-state index contributed by atoms with van der Waals surface area (Å²) in [5, 5.41) is 7.03. The summed E-state index contributed by atoms with van der Waals surface area (Å²) in [5.74, 6) is 0.310. The standard InChI is InChI=1S/C18H19ClN4O4S2/c1-4-17-22-18(23-27-17)14-8-15(11(3)28-14)29(25,26)20-9-16(24)21-13-7-5-6-12(19)10(13)2/h5-8,20H,4,9H2,1-3H3,(H,21,24). The molecule has 0 saturated heterocycles. The van der Waals surface area contributed by atoms with Crippen molar-refractivity contribution in [3.8, 4) is 10.7 Å². The van der Waals surface area contributed by atoms with Crippen LogP contribution in [0.4, 0.5) is 5.69 Å². The molecule has 0 spiro atoms. The van der Waals surface area contributed by atoms with Gasteiger partial charge in [0.15, 0.2) is 0 Å². The van der Waals surface area contributed by atoms with Gasteiger partial charge in [-0.05, 0) is 37.6 Å². The summed E-state index contributed by atoms with van der Waals surface area (Å²) in [4.78, 5) is 17.6. The molecule has 0 aliphatic heterocycles. The fourth-order valence-electron chi connectivity index (χ4n) is 2.52. The van der Waals surface area contributed by atoms with Crippen LogP contribution in [0.25, 0.3) is 10.7 Å². The maximum absolute atomic E-state index is 12.7. The second kappa shape index (κ2) is 8.62. The van der Waals surface area contributed by atoms with Crippen molar-refractivity contribution in [3.05, 3.63) is 45.6 Å². The number of amides is 1. The van der Waals surface area contributed by atoms with E-state index >= 15 is 0 Å².